The lowest BCUT2D eigenvalue weighted by atomic mass is 10.1. The van der Waals surface area contributed by atoms with Crippen LogP contribution in [-0.2, 0) is 27.3 Å². The van der Waals surface area contributed by atoms with Gasteiger partial charge in [-0.15, -0.1) is 11.3 Å². The Morgan fingerprint density at radius 3 is 2.68 bits per heavy atom. The first-order valence-corrected chi connectivity index (χ1v) is 11.7. The maximum Gasteiger partial charge on any atom is 0.228 e. The molecule has 1 unspecified atom stereocenters. The summed E-state index contributed by atoms with van der Waals surface area (Å²) in [5.41, 5.74) is 2.79. The second-order valence-electron chi connectivity index (χ2n) is 8.55. The van der Waals surface area contributed by atoms with Crippen molar-refractivity contribution in [2.45, 2.75) is 45.8 Å². The molecule has 0 bridgehead atoms. The molecule has 3 rings (SSSR count). The maximum absolute atomic E-state index is 13.2. The number of nitrogens with zero attached hydrogens (tertiary/aromatic N) is 2. The number of carbonyl (C=O) groups is 2. The van der Waals surface area contributed by atoms with E-state index >= 15 is 0 Å². The zero-order valence-corrected chi connectivity index (χ0v) is 19.7. The van der Waals surface area contributed by atoms with E-state index in [0.717, 1.165) is 41.3 Å². The first kappa shape index (κ1) is 23.3. The van der Waals surface area contributed by atoms with Crippen LogP contribution in [0.5, 0.6) is 0 Å². The Kier molecular flexibility index (Phi) is 8.09. The molecule has 2 aromatic rings. The van der Waals surface area contributed by atoms with Gasteiger partial charge in [-0.2, -0.15) is 0 Å². The number of hydrogen-bond donors (Lipinski definition) is 1. The van der Waals surface area contributed by atoms with E-state index in [1.807, 2.05) is 73.5 Å². The molecule has 1 atom stereocenters. The van der Waals surface area contributed by atoms with Crippen molar-refractivity contribution in [3.8, 4) is 0 Å². The van der Waals surface area contributed by atoms with Gasteiger partial charge in [0.2, 0.25) is 11.8 Å². The van der Waals surface area contributed by atoms with Gasteiger partial charge < -0.3 is 19.9 Å². The van der Waals surface area contributed by atoms with E-state index < -0.39 is 0 Å². The van der Waals surface area contributed by atoms with Crippen molar-refractivity contribution in [1.82, 2.24) is 4.90 Å². The van der Waals surface area contributed by atoms with E-state index in [1.165, 1.54) is 0 Å². The summed E-state index contributed by atoms with van der Waals surface area (Å²) in [6, 6.07) is 9.87. The molecule has 1 N–H and O–H groups in total. The van der Waals surface area contributed by atoms with Crippen LogP contribution in [0.3, 0.4) is 0 Å². The summed E-state index contributed by atoms with van der Waals surface area (Å²) in [6.45, 7) is 5.56. The molecule has 2 amide bonds. The summed E-state index contributed by atoms with van der Waals surface area (Å²) < 4.78 is 5.83. The highest BCUT2D eigenvalue weighted by Gasteiger charge is 2.24. The van der Waals surface area contributed by atoms with Crippen molar-refractivity contribution in [1.29, 1.82) is 0 Å². The summed E-state index contributed by atoms with van der Waals surface area (Å²) in [4.78, 5) is 30.4. The monoisotopic (exact) mass is 443 g/mol. The average Bonchev–Trinajstić information content (AvgIpc) is 3.41. The number of thiophene rings is 1. The molecule has 1 fully saturated rings. The Morgan fingerprint density at radius 1 is 1.26 bits per heavy atom. The Bertz CT molecular complexity index is 874. The molecule has 1 aromatic heterocycles. The second kappa shape index (κ2) is 10.8. The molecule has 0 spiro atoms. The molecule has 1 saturated heterocycles. The molecule has 0 aliphatic carbocycles. The van der Waals surface area contributed by atoms with Crippen LogP contribution in [0.4, 0.5) is 11.4 Å². The van der Waals surface area contributed by atoms with E-state index in [4.69, 9.17) is 4.74 Å². The normalized spacial score (nSPS) is 15.8. The minimum atomic E-state index is -0.0969. The lowest BCUT2D eigenvalue weighted by molar-refractivity contribution is -0.132. The van der Waals surface area contributed by atoms with Crippen molar-refractivity contribution >= 4 is 34.5 Å². The van der Waals surface area contributed by atoms with Crippen molar-refractivity contribution in [2.75, 3.05) is 37.5 Å². The van der Waals surface area contributed by atoms with Crippen LogP contribution in [0.25, 0.3) is 0 Å². The van der Waals surface area contributed by atoms with Gasteiger partial charge in [0, 0.05) is 56.0 Å². The number of hydrogen-bond acceptors (Lipinski definition) is 5. The molecule has 7 heteroatoms. The fourth-order valence-electron chi connectivity index (χ4n) is 3.68. The number of anilines is 2. The highest BCUT2D eigenvalue weighted by Crippen LogP contribution is 2.26. The highest BCUT2D eigenvalue weighted by molar-refractivity contribution is 7.10. The Hall–Kier alpha value is -2.38. The van der Waals surface area contributed by atoms with E-state index in [-0.39, 0.29) is 23.8 Å². The Labute approximate surface area is 189 Å². The quantitative estimate of drug-likeness (QED) is 0.632. The van der Waals surface area contributed by atoms with E-state index in [0.29, 0.717) is 19.5 Å². The van der Waals surface area contributed by atoms with Crippen LogP contribution < -0.4 is 10.2 Å². The van der Waals surface area contributed by atoms with Crippen molar-refractivity contribution in [2.24, 2.45) is 5.92 Å². The third kappa shape index (κ3) is 6.55. The lowest BCUT2D eigenvalue weighted by Crippen LogP contribution is -2.38. The van der Waals surface area contributed by atoms with Gasteiger partial charge in [0.25, 0.3) is 0 Å². The number of ether oxygens (including phenoxy) is 1. The number of nitrogens with one attached hydrogen (secondary N) is 1. The SMILES string of the molecule is CC(C)C(=O)Nc1ccc(N(C)C)c(CN(CC2CCCO2)C(=O)Cc2cccs2)c1. The fourth-order valence-corrected chi connectivity index (χ4v) is 4.38. The minimum Gasteiger partial charge on any atom is -0.377 e. The van der Waals surface area contributed by atoms with E-state index in [2.05, 4.69) is 5.32 Å². The van der Waals surface area contributed by atoms with Crippen LogP contribution in [0.15, 0.2) is 35.7 Å². The van der Waals surface area contributed by atoms with Crippen LogP contribution in [-0.4, -0.2) is 50.1 Å². The number of rotatable bonds is 9. The number of amides is 2. The minimum absolute atomic E-state index is 0.0199. The zero-order valence-electron chi connectivity index (χ0n) is 18.9. The Balaban J connectivity index is 1.84. The largest absolute Gasteiger partial charge is 0.377 e. The van der Waals surface area contributed by atoms with Crippen LogP contribution in [0.2, 0.25) is 0 Å². The molecule has 6 nitrogen and oxygen atoms in total. The molecule has 168 valence electrons. The maximum atomic E-state index is 13.2. The van der Waals surface area contributed by atoms with Gasteiger partial charge in [-0.05, 0) is 48.1 Å². The molecule has 31 heavy (non-hydrogen) atoms. The van der Waals surface area contributed by atoms with E-state index in [9.17, 15) is 9.59 Å². The van der Waals surface area contributed by atoms with Crippen molar-refractivity contribution in [3.63, 3.8) is 0 Å². The average molecular weight is 444 g/mol. The first-order chi connectivity index (χ1) is 14.8. The van der Waals surface area contributed by atoms with Crippen LogP contribution in [0, 0.1) is 5.92 Å². The van der Waals surface area contributed by atoms with Crippen molar-refractivity contribution in [3.05, 3.63) is 46.2 Å². The predicted octanol–water partition coefficient (Wildman–Crippen LogP) is 4.16. The van der Waals surface area contributed by atoms with Gasteiger partial charge >= 0.3 is 0 Å². The Morgan fingerprint density at radius 2 is 2.06 bits per heavy atom. The standard InChI is InChI=1S/C24H33N3O3S/c1-17(2)24(29)25-19-9-10-22(26(3)4)18(13-19)15-27(16-20-7-5-11-30-20)23(28)14-21-8-6-12-31-21/h6,8-10,12-13,17,20H,5,7,11,14-16H2,1-4H3,(H,25,29). The van der Waals surface area contributed by atoms with Gasteiger partial charge in [-0.3, -0.25) is 9.59 Å². The fraction of sp³-hybridized carbons (Fsp3) is 0.500. The topological polar surface area (TPSA) is 61.9 Å². The van der Waals surface area contributed by atoms with Crippen LogP contribution in [0.1, 0.15) is 37.1 Å². The van der Waals surface area contributed by atoms with E-state index in [1.54, 1.807) is 11.3 Å². The summed E-state index contributed by atoms with van der Waals surface area (Å²) in [5.74, 6) is -0.0202. The molecule has 1 aromatic carbocycles. The van der Waals surface area contributed by atoms with Gasteiger partial charge in [0.15, 0.2) is 0 Å². The lowest BCUT2D eigenvalue weighted by Gasteiger charge is -2.28. The van der Waals surface area contributed by atoms with Gasteiger partial charge in [0.05, 0.1) is 12.5 Å². The summed E-state index contributed by atoms with van der Waals surface area (Å²) in [5, 5.41) is 4.97. The first-order valence-electron chi connectivity index (χ1n) is 10.9. The summed E-state index contributed by atoms with van der Waals surface area (Å²) in [6.07, 6.45) is 2.50. The zero-order chi connectivity index (χ0) is 22.4. The molecule has 0 radical (unpaired) electrons. The van der Waals surface area contributed by atoms with Gasteiger partial charge in [-0.1, -0.05) is 19.9 Å². The summed E-state index contributed by atoms with van der Waals surface area (Å²) in [7, 11) is 3.98. The molecule has 0 saturated carbocycles. The molecule has 1 aliphatic heterocycles. The molecular formula is C24H33N3O3S. The number of benzene rings is 1. The summed E-state index contributed by atoms with van der Waals surface area (Å²) >= 11 is 1.60. The number of carbonyl (C=O) groups excluding carboxylic acids is 2. The molecule has 1 aliphatic rings. The highest BCUT2D eigenvalue weighted by atomic mass is 32.1. The third-order valence-corrected chi connectivity index (χ3v) is 6.30. The smallest absolute Gasteiger partial charge is 0.228 e. The van der Waals surface area contributed by atoms with Crippen LogP contribution >= 0.6 is 11.3 Å². The van der Waals surface area contributed by atoms with Gasteiger partial charge in [0.1, 0.15) is 0 Å². The molecule has 2 heterocycles. The third-order valence-electron chi connectivity index (χ3n) is 5.42. The van der Waals surface area contributed by atoms with Gasteiger partial charge in [-0.25, -0.2) is 0 Å². The molecular weight excluding hydrogens is 410 g/mol. The second-order valence-corrected chi connectivity index (χ2v) is 9.58. The predicted molar refractivity (Wildman–Crippen MR) is 127 cm³/mol. The van der Waals surface area contributed by atoms with Crippen molar-refractivity contribution < 1.29 is 14.3 Å².